The molecule has 1 aromatic carbocycles. The van der Waals surface area contributed by atoms with Gasteiger partial charge >= 0.3 is 0 Å². The number of nitrogens with zero attached hydrogens (tertiary/aromatic N) is 1. The molecular weight excluding hydrogens is 268 g/mol. The van der Waals surface area contributed by atoms with Crippen LogP contribution >= 0.6 is 0 Å². The fourth-order valence-electron chi connectivity index (χ4n) is 1.70. The van der Waals surface area contributed by atoms with E-state index < -0.39 is 0 Å². The Balaban J connectivity index is 2.36. The number of amides is 1. The first-order chi connectivity index (χ1) is 10.2. The Hall–Kier alpha value is -2.03. The maximum absolute atomic E-state index is 11.4. The lowest BCUT2D eigenvalue weighted by Crippen LogP contribution is -2.36. The summed E-state index contributed by atoms with van der Waals surface area (Å²) in [6.07, 6.45) is 0. The molecule has 114 valence electrons. The number of hydrogen-bond donors (Lipinski definition) is 2. The minimum absolute atomic E-state index is 0.0151. The molecular formula is C16H22N2O3. The van der Waals surface area contributed by atoms with E-state index in [-0.39, 0.29) is 12.5 Å². The molecule has 0 fully saturated rings. The number of ether oxygens (including phenoxy) is 1. The highest BCUT2D eigenvalue weighted by Crippen LogP contribution is 2.12. The van der Waals surface area contributed by atoms with Crippen molar-refractivity contribution in [1.29, 1.82) is 0 Å². The Morgan fingerprint density at radius 1 is 1.48 bits per heavy atom. The number of aliphatic hydroxyl groups excluding tert-OH is 1. The number of rotatable bonds is 7. The van der Waals surface area contributed by atoms with E-state index in [1.165, 1.54) is 0 Å². The summed E-state index contributed by atoms with van der Waals surface area (Å²) in [6, 6.07) is 7.40. The lowest BCUT2D eigenvalue weighted by molar-refractivity contribution is -0.121. The van der Waals surface area contributed by atoms with Crippen LogP contribution in [0.4, 0.5) is 0 Å². The predicted octanol–water partition coefficient (Wildman–Crippen LogP) is 0.477. The Labute approximate surface area is 125 Å². The van der Waals surface area contributed by atoms with Gasteiger partial charge in [0.1, 0.15) is 19.0 Å². The molecule has 1 aromatic rings. The molecule has 1 rings (SSSR count). The van der Waals surface area contributed by atoms with Crippen LogP contribution in [0.25, 0.3) is 0 Å². The summed E-state index contributed by atoms with van der Waals surface area (Å²) in [5, 5.41) is 11.4. The zero-order valence-electron chi connectivity index (χ0n) is 12.6. The molecule has 2 N–H and O–H groups in total. The second-order valence-electron chi connectivity index (χ2n) is 4.53. The van der Waals surface area contributed by atoms with Crippen molar-refractivity contribution in [3.05, 3.63) is 29.8 Å². The first-order valence-electron chi connectivity index (χ1n) is 6.93. The van der Waals surface area contributed by atoms with Crippen LogP contribution in [0.1, 0.15) is 12.5 Å². The van der Waals surface area contributed by atoms with Crippen molar-refractivity contribution in [2.75, 3.05) is 39.9 Å². The maximum atomic E-state index is 11.4. The Morgan fingerprint density at radius 3 is 3.00 bits per heavy atom. The van der Waals surface area contributed by atoms with Gasteiger partial charge < -0.3 is 15.2 Å². The minimum atomic E-state index is -0.157. The molecule has 0 radical (unpaired) electrons. The number of hydrogen-bond acceptors (Lipinski definition) is 4. The third-order valence-electron chi connectivity index (χ3n) is 2.68. The van der Waals surface area contributed by atoms with Crippen molar-refractivity contribution >= 4 is 5.91 Å². The van der Waals surface area contributed by atoms with E-state index in [9.17, 15) is 4.79 Å². The number of carbonyl (C=O) groups is 1. The topological polar surface area (TPSA) is 61.8 Å². The zero-order chi connectivity index (χ0) is 15.5. The number of aliphatic hydroxyl groups is 1. The van der Waals surface area contributed by atoms with Gasteiger partial charge in [0.15, 0.2) is 0 Å². The van der Waals surface area contributed by atoms with Gasteiger partial charge in [-0.05, 0) is 32.2 Å². The van der Waals surface area contributed by atoms with Crippen molar-refractivity contribution in [2.45, 2.75) is 6.92 Å². The molecule has 0 unspecified atom stereocenters. The summed E-state index contributed by atoms with van der Waals surface area (Å²) in [5.74, 6) is 6.17. The highest BCUT2D eigenvalue weighted by atomic mass is 16.5. The third kappa shape index (κ3) is 7.35. The molecule has 5 nitrogen and oxygen atoms in total. The van der Waals surface area contributed by atoms with E-state index in [1.807, 2.05) is 43.1 Å². The van der Waals surface area contributed by atoms with Crippen molar-refractivity contribution in [2.24, 2.45) is 0 Å². The normalized spacial score (nSPS) is 9.90. The molecule has 0 aliphatic rings. The first kappa shape index (κ1) is 17.0. The van der Waals surface area contributed by atoms with Crippen molar-refractivity contribution in [1.82, 2.24) is 10.2 Å². The van der Waals surface area contributed by atoms with Gasteiger partial charge in [-0.15, -0.1) is 0 Å². The van der Waals surface area contributed by atoms with Crippen LogP contribution < -0.4 is 10.1 Å². The molecule has 0 bridgehead atoms. The number of carbonyl (C=O) groups excluding carboxylic acids is 1. The van der Waals surface area contributed by atoms with Crippen LogP contribution in [0.3, 0.4) is 0 Å². The highest BCUT2D eigenvalue weighted by molar-refractivity contribution is 5.77. The zero-order valence-corrected chi connectivity index (χ0v) is 12.6. The summed E-state index contributed by atoms with van der Waals surface area (Å²) >= 11 is 0. The summed E-state index contributed by atoms with van der Waals surface area (Å²) in [6.45, 7) is 3.89. The van der Waals surface area contributed by atoms with Gasteiger partial charge in [-0.25, -0.2) is 0 Å². The molecule has 1 amide bonds. The van der Waals surface area contributed by atoms with Crippen LogP contribution in [0, 0.1) is 11.8 Å². The van der Waals surface area contributed by atoms with Gasteiger partial charge in [0, 0.05) is 18.7 Å². The van der Waals surface area contributed by atoms with E-state index in [2.05, 4.69) is 17.2 Å². The summed E-state index contributed by atoms with van der Waals surface area (Å²) < 4.78 is 5.64. The van der Waals surface area contributed by atoms with Crippen molar-refractivity contribution in [3.63, 3.8) is 0 Å². The van der Waals surface area contributed by atoms with Crippen LogP contribution in [-0.2, 0) is 4.79 Å². The summed E-state index contributed by atoms with van der Waals surface area (Å²) in [7, 11) is 1.88. The van der Waals surface area contributed by atoms with Gasteiger partial charge in [0.05, 0.1) is 6.54 Å². The Morgan fingerprint density at radius 2 is 2.29 bits per heavy atom. The van der Waals surface area contributed by atoms with Gasteiger partial charge in [-0.1, -0.05) is 17.9 Å². The lowest BCUT2D eigenvalue weighted by atomic mass is 10.2. The second kappa shape index (κ2) is 9.81. The van der Waals surface area contributed by atoms with Gasteiger partial charge in [-0.2, -0.15) is 0 Å². The van der Waals surface area contributed by atoms with Crippen molar-refractivity contribution < 1.29 is 14.6 Å². The maximum Gasteiger partial charge on any atom is 0.234 e. The van der Waals surface area contributed by atoms with Crippen molar-refractivity contribution in [3.8, 4) is 17.6 Å². The average molecular weight is 290 g/mol. The third-order valence-corrected chi connectivity index (χ3v) is 2.68. The quantitative estimate of drug-likeness (QED) is 0.717. The van der Waals surface area contributed by atoms with E-state index in [0.29, 0.717) is 26.2 Å². The van der Waals surface area contributed by atoms with Crippen LogP contribution in [0.5, 0.6) is 5.75 Å². The van der Waals surface area contributed by atoms with Gasteiger partial charge in [0.2, 0.25) is 5.91 Å². The van der Waals surface area contributed by atoms with Gasteiger partial charge in [0.25, 0.3) is 0 Å². The van der Waals surface area contributed by atoms with Crippen LogP contribution in [0.15, 0.2) is 24.3 Å². The summed E-state index contributed by atoms with van der Waals surface area (Å²) in [5.41, 5.74) is 0.803. The van der Waals surface area contributed by atoms with E-state index in [1.54, 1.807) is 0 Å². The molecule has 0 atom stereocenters. The highest BCUT2D eigenvalue weighted by Gasteiger charge is 2.05. The molecule has 0 heterocycles. The minimum Gasteiger partial charge on any atom is -0.492 e. The summed E-state index contributed by atoms with van der Waals surface area (Å²) in [4.78, 5) is 13.3. The molecule has 5 heteroatoms. The molecule has 0 saturated heterocycles. The predicted molar refractivity (Wildman–Crippen MR) is 82.1 cm³/mol. The fourth-order valence-corrected chi connectivity index (χ4v) is 1.70. The molecule has 21 heavy (non-hydrogen) atoms. The van der Waals surface area contributed by atoms with Crippen LogP contribution in [0.2, 0.25) is 0 Å². The molecule has 0 aromatic heterocycles. The lowest BCUT2D eigenvalue weighted by Gasteiger charge is -2.16. The molecule has 0 spiro atoms. The number of benzene rings is 1. The van der Waals surface area contributed by atoms with Gasteiger partial charge in [-0.3, -0.25) is 9.69 Å². The van der Waals surface area contributed by atoms with E-state index >= 15 is 0 Å². The van der Waals surface area contributed by atoms with Crippen LogP contribution in [-0.4, -0.2) is 55.8 Å². The molecule has 0 aliphatic carbocycles. The number of likely N-dealkylation sites (N-methyl/N-ethyl adjacent to an activating group) is 2. The Kier molecular flexibility index (Phi) is 7.95. The SMILES string of the molecule is CCNC(=O)CN(C)CCOc1cccc(C#CCO)c1. The monoisotopic (exact) mass is 290 g/mol. The average Bonchev–Trinajstić information content (AvgIpc) is 2.45. The smallest absolute Gasteiger partial charge is 0.234 e. The molecule has 0 aliphatic heterocycles. The Bertz CT molecular complexity index is 506. The standard InChI is InChI=1S/C16H22N2O3/c1-3-17-16(20)13-18(2)9-11-21-15-8-4-6-14(12-15)7-5-10-19/h4,6,8,12,19H,3,9-11,13H2,1-2H3,(H,17,20). The first-order valence-corrected chi connectivity index (χ1v) is 6.93. The van der Waals surface area contributed by atoms with E-state index in [0.717, 1.165) is 11.3 Å². The number of nitrogens with one attached hydrogen (secondary N) is 1. The molecule has 0 saturated carbocycles. The largest absolute Gasteiger partial charge is 0.492 e. The fraction of sp³-hybridized carbons (Fsp3) is 0.438. The second-order valence-corrected chi connectivity index (χ2v) is 4.53. The van der Waals surface area contributed by atoms with E-state index in [4.69, 9.17) is 9.84 Å².